The number of hydrogen-bond donors (Lipinski definition) is 1. The molecule has 1 heterocycles. The molecular weight excluding hydrogens is 380 g/mol. The highest BCUT2D eigenvalue weighted by atomic mass is 79.9. The molecule has 4 nitrogen and oxygen atoms in total. The fraction of sp³-hybridized carbons (Fsp3) is 0.350. The van der Waals surface area contributed by atoms with Gasteiger partial charge in [-0.1, -0.05) is 33.6 Å². The Morgan fingerprint density at radius 1 is 1.32 bits per heavy atom. The quantitative estimate of drug-likeness (QED) is 0.820. The minimum atomic E-state index is -0.0681. The Balaban J connectivity index is 1.58. The summed E-state index contributed by atoms with van der Waals surface area (Å²) >= 11 is 3.52. The van der Waals surface area contributed by atoms with Crippen molar-refractivity contribution in [2.24, 2.45) is 5.92 Å². The molecule has 132 valence electrons. The summed E-state index contributed by atoms with van der Waals surface area (Å²) in [5, 5.41) is 3.07. The maximum Gasteiger partial charge on any atom is 0.255 e. The second-order valence-corrected chi connectivity index (χ2v) is 7.41. The van der Waals surface area contributed by atoms with Gasteiger partial charge in [0, 0.05) is 29.8 Å². The highest BCUT2D eigenvalue weighted by Crippen LogP contribution is 2.26. The van der Waals surface area contributed by atoms with Crippen molar-refractivity contribution in [2.45, 2.75) is 13.3 Å². The lowest BCUT2D eigenvalue weighted by Crippen LogP contribution is -2.31. The first-order valence-electron chi connectivity index (χ1n) is 8.50. The van der Waals surface area contributed by atoms with Crippen molar-refractivity contribution >= 4 is 27.5 Å². The number of nitrogens with one attached hydrogen (secondary N) is 1. The number of halogens is 1. The Hall–Kier alpha value is -2.01. The Kier molecular flexibility index (Phi) is 5.63. The summed E-state index contributed by atoms with van der Waals surface area (Å²) in [6, 6.07) is 14.0. The number of anilines is 1. The number of ether oxygens (including phenoxy) is 1. The summed E-state index contributed by atoms with van der Waals surface area (Å²) < 4.78 is 6.40. The third-order valence-corrected chi connectivity index (χ3v) is 5.10. The summed E-state index contributed by atoms with van der Waals surface area (Å²) in [6.07, 6.45) is 1.08. The van der Waals surface area contributed by atoms with Crippen LogP contribution < -0.4 is 15.0 Å². The molecule has 2 aromatic carbocycles. The van der Waals surface area contributed by atoms with E-state index in [-0.39, 0.29) is 5.91 Å². The third-order valence-electron chi connectivity index (χ3n) is 4.61. The maximum absolute atomic E-state index is 12.5. The van der Waals surface area contributed by atoms with Crippen LogP contribution in [0.15, 0.2) is 46.9 Å². The van der Waals surface area contributed by atoms with E-state index in [1.807, 2.05) is 31.2 Å². The molecule has 1 aliphatic heterocycles. The monoisotopic (exact) mass is 402 g/mol. The van der Waals surface area contributed by atoms with Gasteiger partial charge in [0.1, 0.15) is 5.75 Å². The van der Waals surface area contributed by atoms with Crippen LogP contribution in [0.25, 0.3) is 0 Å². The van der Waals surface area contributed by atoms with Crippen LogP contribution in [-0.4, -0.2) is 32.7 Å². The molecule has 1 unspecified atom stereocenters. The normalized spacial score (nSPS) is 16.8. The number of carbonyl (C=O) groups excluding carboxylic acids is 1. The third kappa shape index (κ3) is 4.34. The highest BCUT2D eigenvalue weighted by molar-refractivity contribution is 9.10. The molecule has 1 aliphatic rings. The van der Waals surface area contributed by atoms with E-state index in [9.17, 15) is 4.79 Å². The van der Waals surface area contributed by atoms with E-state index in [2.05, 4.69) is 44.3 Å². The molecule has 5 heteroatoms. The minimum Gasteiger partial charge on any atom is -0.496 e. The number of aryl methyl sites for hydroxylation is 1. The number of benzene rings is 2. The Morgan fingerprint density at radius 3 is 2.92 bits per heavy atom. The van der Waals surface area contributed by atoms with Crippen LogP contribution in [0.3, 0.4) is 0 Å². The van der Waals surface area contributed by atoms with Crippen molar-refractivity contribution in [2.75, 3.05) is 31.6 Å². The molecule has 3 rings (SSSR count). The van der Waals surface area contributed by atoms with Gasteiger partial charge in [0.15, 0.2) is 0 Å². The van der Waals surface area contributed by atoms with Gasteiger partial charge in [-0.2, -0.15) is 0 Å². The van der Waals surface area contributed by atoms with Crippen molar-refractivity contribution < 1.29 is 9.53 Å². The Bertz CT molecular complexity index is 763. The van der Waals surface area contributed by atoms with E-state index in [1.54, 1.807) is 7.11 Å². The predicted molar refractivity (Wildman–Crippen MR) is 105 cm³/mol. The first-order valence-corrected chi connectivity index (χ1v) is 9.29. The minimum absolute atomic E-state index is 0.0681. The molecule has 2 aromatic rings. The first-order chi connectivity index (χ1) is 12.1. The largest absolute Gasteiger partial charge is 0.496 e. The Morgan fingerprint density at radius 2 is 2.16 bits per heavy atom. The molecule has 0 aliphatic carbocycles. The van der Waals surface area contributed by atoms with Crippen LogP contribution in [0, 0.1) is 12.8 Å². The lowest BCUT2D eigenvalue weighted by atomic mass is 10.1. The molecule has 0 saturated carbocycles. The van der Waals surface area contributed by atoms with Crippen molar-refractivity contribution in [3.8, 4) is 5.75 Å². The van der Waals surface area contributed by atoms with E-state index in [0.29, 0.717) is 23.8 Å². The van der Waals surface area contributed by atoms with Crippen molar-refractivity contribution in [3.63, 3.8) is 0 Å². The molecule has 25 heavy (non-hydrogen) atoms. The average molecular weight is 403 g/mol. The number of nitrogens with zero attached hydrogens (tertiary/aromatic N) is 1. The summed E-state index contributed by atoms with van der Waals surface area (Å²) in [7, 11) is 1.59. The SMILES string of the molecule is COc1ccc(C)cc1C(=O)NCC1CCN(c2cccc(Br)c2)C1. The maximum atomic E-state index is 12.5. The summed E-state index contributed by atoms with van der Waals surface area (Å²) in [5.41, 5.74) is 2.88. The van der Waals surface area contributed by atoms with Gasteiger partial charge in [0.05, 0.1) is 12.7 Å². The van der Waals surface area contributed by atoms with E-state index in [4.69, 9.17) is 4.74 Å². The zero-order valence-corrected chi connectivity index (χ0v) is 16.2. The van der Waals surface area contributed by atoms with Crippen LogP contribution in [0.2, 0.25) is 0 Å². The second kappa shape index (κ2) is 7.91. The molecule has 1 amide bonds. The number of hydrogen-bond acceptors (Lipinski definition) is 3. The lowest BCUT2D eigenvalue weighted by Gasteiger charge is -2.19. The van der Waals surface area contributed by atoms with Crippen LogP contribution in [0.1, 0.15) is 22.3 Å². The molecular formula is C20H23BrN2O2. The van der Waals surface area contributed by atoms with Gasteiger partial charge in [0.2, 0.25) is 0 Å². The van der Waals surface area contributed by atoms with E-state index in [1.165, 1.54) is 5.69 Å². The lowest BCUT2D eigenvalue weighted by molar-refractivity contribution is 0.0945. The van der Waals surface area contributed by atoms with E-state index in [0.717, 1.165) is 29.5 Å². The smallest absolute Gasteiger partial charge is 0.255 e. The molecule has 0 aromatic heterocycles. The van der Waals surface area contributed by atoms with Crippen LogP contribution >= 0.6 is 15.9 Å². The topological polar surface area (TPSA) is 41.6 Å². The van der Waals surface area contributed by atoms with Gasteiger partial charge >= 0.3 is 0 Å². The van der Waals surface area contributed by atoms with E-state index < -0.39 is 0 Å². The van der Waals surface area contributed by atoms with Gasteiger partial charge in [-0.15, -0.1) is 0 Å². The van der Waals surface area contributed by atoms with Crippen LogP contribution in [0.5, 0.6) is 5.75 Å². The van der Waals surface area contributed by atoms with Crippen LogP contribution in [-0.2, 0) is 0 Å². The second-order valence-electron chi connectivity index (χ2n) is 6.49. The Labute approximate surface area is 157 Å². The van der Waals surface area contributed by atoms with Gasteiger partial charge in [-0.05, 0) is 49.6 Å². The van der Waals surface area contributed by atoms with Gasteiger partial charge in [-0.25, -0.2) is 0 Å². The standard InChI is InChI=1S/C20H23BrN2O2/c1-14-6-7-19(25-2)18(10-14)20(24)22-12-15-8-9-23(13-15)17-5-3-4-16(21)11-17/h3-7,10-11,15H,8-9,12-13H2,1-2H3,(H,22,24). The summed E-state index contributed by atoms with van der Waals surface area (Å²) in [6.45, 7) is 4.63. The first kappa shape index (κ1) is 17.8. The van der Waals surface area contributed by atoms with Gasteiger partial charge in [-0.3, -0.25) is 4.79 Å². The number of rotatable bonds is 5. The van der Waals surface area contributed by atoms with Gasteiger partial charge in [0.25, 0.3) is 5.91 Å². The van der Waals surface area contributed by atoms with Crippen molar-refractivity contribution in [1.29, 1.82) is 0 Å². The summed E-state index contributed by atoms with van der Waals surface area (Å²) in [4.78, 5) is 14.9. The number of amides is 1. The number of methoxy groups -OCH3 is 1. The molecule has 1 saturated heterocycles. The molecule has 0 radical (unpaired) electrons. The van der Waals surface area contributed by atoms with Crippen molar-refractivity contribution in [3.05, 3.63) is 58.1 Å². The van der Waals surface area contributed by atoms with Crippen molar-refractivity contribution in [1.82, 2.24) is 5.32 Å². The fourth-order valence-electron chi connectivity index (χ4n) is 3.24. The predicted octanol–water partition coefficient (Wildman–Crippen LogP) is 4.02. The molecule has 1 atom stereocenters. The molecule has 0 spiro atoms. The molecule has 0 bridgehead atoms. The fourth-order valence-corrected chi connectivity index (χ4v) is 3.63. The zero-order valence-electron chi connectivity index (χ0n) is 14.6. The van der Waals surface area contributed by atoms with Gasteiger partial charge < -0.3 is 15.0 Å². The van der Waals surface area contributed by atoms with E-state index >= 15 is 0 Å². The molecule has 1 N–H and O–H groups in total. The average Bonchev–Trinajstić information content (AvgIpc) is 3.08. The molecule has 1 fully saturated rings. The zero-order chi connectivity index (χ0) is 17.8. The van der Waals surface area contributed by atoms with Crippen LogP contribution in [0.4, 0.5) is 5.69 Å². The summed E-state index contributed by atoms with van der Waals surface area (Å²) in [5.74, 6) is 1.01. The highest BCUT2D eigenvalue weighted by Gasteiger charge is 2.24. The number of carbonyl (C=O) groups is 1.